The Labute approximate surface area is 115 Å². The maximum atomic E-state index is 11.9. The van der Waals surface area contributed by atoms with Crippen LogP contribution in [0.5, 0.6) is 11.5 Å². The van der Waals surface area contributed by atoms with Gasteiger partial charge in [-0.05, 0) is 24.6 Å². The van der Waals surface area contributed by atoms with Crippen LogP contribution in [-0.4, -0.2) is 34.0 Å². The molecule has 0 saturated heterocycles. The first-order chi connectivity index (χ1) is 10.4. The highest BCUT2D eigenvalue weighted by Gasteiger charge is 2.15. The summed E-state index contributed by atoms with van der Waals surface area (Å²) in [5, 5.41) is 0. The van der Waals surface area contributed by atoms with E-state index in [1.54, 1.807) is 6.92 Å². The minimum atomic E-state index is -5.13. The summed E-state index contributed by atoms with van der Waals surface area (Å²) in [6, 6.07) is 2.43. The number of rotatable bonds is 6. The quantitative estimate of drug-likeness (QED) is 0.844. The van der Waals surface area contributed by atoms with Crippen molar-refractivity contribution in [3.63, 3.8) is 0 Å². The second-order valence-electron chi connectivity index (χ2n) is 3.44. The highest BCUT2D eigenvalue weighted by atomic mass is 32.2. The van der Waals surface area contributed by atoms with E-state index >= 15 is 0 Å². The minimum Gasteiger partial charge on any atom is -0.493 e. The van der Waals surface area contributed by atoms with Gasteiger partial charge in [-0.2, -0.15) is 0 Å². The van der Waals surface area contributed by atoms with E-state index in [0.717, 1.165) is 0 Å². The molecule has 18 heavy (non-hydrogen) atoms. The monoisotopic (exact) mass is 278 g/mol. The zero-order valence-corrected chi connectivity index (χ0v) is 11.0. The molecule has 1 atom stereocenters. The normalized spacial score (nSPS) is 18.7. The average molecular weight is 278 g/mol. The molecule has 102 valence electrons. The summed E-state index contributed by atoms with van der Waals surface area (Å²) in [6.45, 7) is 2.03. The van der Waals surface area contributed by atoms with Gasteiger partial charge in [0.1, 0.15) is 9.84 Å². The zero-order valence-electron chi connectivity index (χ0n) is 15.1. The van der Waals surface area contributed by atoms with E-state index in [-0.39, 0.29) is 11.3 Å². The molecular formula is C12H19NO4S. The second kappa shape index (κ2) is 6.06. The predicted molar refractivity (Wildman–Crippen MR) is 70.8 cm³/mol. The fourth-order valence-corrected chi connectivity index (χ4v) is 1.86. The van der Waals surface area contributed by atoms with Crippen LogP contribution in [0.3, 0.4) is 0 Å². The van der Waals surface area contributed by atoms with Crippen molar-refractivity contribution in [3.8, 4) is 11.5 Å². The van der Waals surface area contributed by atoms with Crippen molar-refractivity contribution in [1.29, 1.82) is 0 Å². The van der Waals surface area contributed by atoms with Crippen LogP contribution < -0.4 is 15.2 Å². The third-order valence-electron chi connectivity index (χ3n) is 2.13. The highest BCUT2D eigenvalue weighted by Crippen LogP contribution is 2.30. The summed E-state index contributed by atoms with van der Waals surface area (Å²) in [4.78, 5) is 0. The fourth-order valence-electron chi connectivity index (χ4n) is 1.39. The number of methoxy groups -OCH3 is 1. The van der Waals surface area contributed by atoms with Crippen molar-refractivity contribution in [2.45, 2.75) is 13.0 Å². The van der Waals surface area contributed by atoms with Crippen LogP contribution in [-0.2, 0) is 9.84 Å². The molecule has 0 fully saturated rings. The molecular weight excluding hydrogens is 254 g/mol. The molecule has 2 N–H and O–H groups in total. The Morgan fingerprint density at radius 1 is 1.50 bits per heavy atom. The number of sulfone groups is 1. The average Bonchev–Trinajstić information content (AvgIpc) is 2.45. The predicted octanol–water partition coefficient (Wildman–Crippen LogP) is 1.14. The molecule has 0 spiro atoms. The topological polar surface area (TPSA) is 78.6 Å². The first kappa shape index (κ1) is 8.77. The highest BCUT2D eigenvalue weighted by molar-refractivity contribution is 7.90. The molecule has 5 nitrogen and oxygen atoms in total. The Morgan fingerprint density at radius 3 is 2.78 bits per heavy atom. The van der Waals surface area contributed by atoms with Gasteiger partial charge in [0.05, 0.1) is 19.4 Å². The van der Waals surface area contributed by atoms with Crippen LogP contribution in [0.2, 0.25) is 0 Å². The largest absolute Gasteiger partial charge is 0.493 e. The number of nitrogens with two attached hydrogens (primary N) is 1. The molecule has 0 bridgehead atoms. The third kappa shape index (κ3) is 4.19. The van der Waals surface area contributed by atoms with E-state index in [9.17, 15) is 8.42 Å². The van der Waals surface area contributed by atoms with Crippen LogP contribution in [0.1, 0.15) is 25.4 Å². The van der Waals surface area contributed by atoms with Gasteiger partial charge in [0.2, 0.25) is 0 Å². The molecule has 0 aromatic heterocycles. The number of ether oxygens (including phenoxy) is 2. The molecule has 0 radical (unpaired) electrons. The van der Waals surface area contributed by atoms with E-state index < -0.39 is 27.8 Å². The van der Waals surface area contributed by atoms with Gasteiger partial charge >= 0.3 is 0 Å². The molecule has 1 aromatic rings. The van der Waals surface area contributed by atoms with Crippen LogP contribution in [0.25, 0.3) is 0 Å². The van der Waals surface area contributed by atoms with Gasteiger partial charge in [-0.25, -0.2) is 8.42 Å². The Bertz CT molecular complexity index is 660. The van der Waals surface area contributed by atoms with Crippen molar-refractivity contribution in [2.75, 3.05) is 25.6 Å². The summed E-state index contributed by atoms with van der Waals surface area (Å²) in [5.74, 6) is 0.618. The maximum absolute atomic E-state index is 11.9. The van der Waals surface area contributed by atoms with Gasteiger partial charge in [-0.1, -0.05) is 6.07 Å². The smallest absolute Gasteiger partial charge is 0.161 e. The van der Waals surface area contributed by atoms with Crippen molar-refractivity contribution < 1.29 is 24.7 Å². The third-order valence-corrected chi connectivity index (χ3v) is 2.69. The SMILES string of the molecule is [2H]C([2H])([2H])S(=O)(=O)C([2H])([2H])[C@@H](N)c1ccc(OC)c(OCC)c1. The number of benzene rings is 1. The molecule has 0 heterocycles. The van der Waals surface area contributed by atoms with Crippen LogP contribution in [0.15, 0.2) is 18.2 Å². The van der Waals surface area contributed by atoms with E-state index in [2.05, 4.69) is 0 Å². The summed E-state index contributed by atoms with van der Waals surface area (Å²) in [6.07, 6.45) is -3.51. The lowest BCUT2D eigenvalue weighted by Gasteiger charge is -2.15. The summed E-state index contributed by atoms with van der Waals surface area (Å²) in [5.41, 5.74) is 2.60. The van der Waals surface area contributed by atoms with Crippen LogP contribution in [0.4, 0.5) is 0 Å². The fraction of sp³-hybridized carbons (Fsp3) is 0.500. The van der Waals surface area contributed by atoms with Gasteiger partial charge in [-0.3, -0.25) is 0 Å². The lowest BCUT2D eigenvalue weighted by molar-refractivity contribution is 0.310. The van der Waals surface area contributed by atoms with Crippen molar-refractivity contribution in [3.05, 3.63) is 23.8 Å². The lowest BCUT2D eigenvalue weighted by Crippen LogP contribution is -2.20. The van der Waals surface area contributed by atoms with Gasteiger partial charge in [0.15, 0.2) is 11.5 Å². The minimum absolute atomic E-state index is 0.0760. The van der Waals surface area contributed by atoms with Crippen LogP contribution >= 0.6 is 0 Å². The van der Waals surface area contributed by atoms with Gasteiger partial charge in [0.25, 0.3) is 0 Å². The van der Waals surface area contributed by atoms with Gasteiger partial charge < -0.3 is 15.2 Å². The Kier molecular flexibility index (Phi) is 2.95. The van der Waals surface area contributed by atoms with E-state index in [4.69, 9.17) is 22.1 Å². The Hall–Kier alpha value is -1.27. The molecule has 1 aromatic carbocycles. The summed E-state index contributed by atoms with van der Waals surface area (Å²) in [7, 11) is -3.72. The molecule has 0 saturated carbocycles. The first-order valence-electron chi connectivity index (χ1n) is 7.70. The summed E-state index contributed by atoms with van der Waals surface area (Å²) >= 11 is 0. The molecule has 0 aliphatic rings. The van der Waals surface area contributed by atoms with Gasteiger partial charge in [-0.15, -0.1) is 0 Å². The molecule has 0 aliphatic heterocycles. The van der Waals surface area contributed by atoms with E-state index in [1.165, 1.54) is 25.3 Å². The molecule has 1 rings (SSSR count). The molecule has 6 heteroatoms. The van der Waals surface area contributed by atoms with Crippen LogP contribution in [0, 0.1) is 0 Å². The second-order valence-corrected chi connectivity index (χ2v) is 4.68. The summed E-state index contributed by atoms with van der Waals surface area (Å²) < 4.78 is 70.8. The van der Waals surface area contributed by atoms with Gasteiger partial charge in [0, 0.05) is 19.1 Å². The van der Waals surface area contributed by atoms with Crippen molar-refractivity contribution in [1.82, 2.24) is 0 Å². The maximum Gasteiger partial charge on any atom is 0.161 e. The van der Waals surface area contributed by atoms with Crippen molar-refractivity contribution >= 4 is 9.84 Å². The van der Waals surface area contributed by atoms with E-state index in [0.29, 0.717) is 12.4 Å². The zero-order chi connectivity index (χ0) is 18.1. The standard InChI is InChI=1S/C12H19NO4S/c1-4-17-12-7-9(5-6-11(12)16-2)10(13)8-18(3,14)15/h5-7,10H,4,8,13H2,1-3H3/t10-/m1/s1/i3D3,8D2. The van der Waals surface area contributed by atoms with E-state index in [1.807, 2.05) is 0 Å². The molecule has 0 unspecified atom stereocenters. The number of hydrogen-bond donors (Lipinski definition) is 1. The molecule has 0 aliphatic carbocycles. The Balaban J connectivity index is 3.33. The Morgan fingerprint density at radius 2 is 2.22 bits per heavy atom. The van der Waals surface area contributed by atoms with Crippen molar-refractivity contribution in [2.24, 2.45) is 5.73 Å². The number of hydrogen-bond acceptors (Lipinski definition) is 5. The lowest BCUT2D eigenvalue weighted by atomic mass is 10.1. The molecule has 0 amide bonds. The first-order valence-corrected chi connectivity index (χ1v) is 6.69.